The van der Waals surface area contributed by atoms with Crippen molar-refractivity contribution in [3.63, 3.8) is 0 Å². The van der Waals surface area contributed by atoms with E-state index in [1.165, 1.54) is 25.7 Å². The molecule has 0 N–H and O–H groups in total. The van der Waals surface area contributed by atoms with Gasteiger partial charge in [0.25, 0.3) is 10.1 Å². The number of unbranched alkanes of at least 4 members (excludes halogenated alkanes) is 6. The van der Waals surface area contributed by atoms with Crippen LogP contribution in [0.2, 0.25) is 0 Å². The normalized spacial score (nSPS) is 9.97. The van der Waals surface area contributed by atoms with E-state index in [0.29, 0.717) is 0 Å². The van der Waals surface area contributed by atoms with Gasteiger partial charge in [-0.05, 0) is 31.4 Å². The third-order valence-corrected chi connectivity index (χ3v) is 4.88. The van der Waals surface area contributed by atoms with Gasteiger partial charge in [-0.25, -0.2) is 0 Å². The van der Waals surface area contributed by atoms with Crippen molar-refractivity contribution in [3.05, 3.63) is 30.3 Å². The molecule has 0 unspecified atom stereocenters. The molecular weight excluding hydrogens is 418 g/mol. The van der Waals surface area contributed by atoms with Crippen molar-refractivity contribution in [2.45, 2.75) is 69.6 Å². The summed E-state index contributed by atoms with van der Waals surface area (Å²) >= 11 is 0. The van der Waals surface area contributed by atoms with Crippen molar-refractivity contribution in [1.29, 1.82) is 0 Å². The summed E-state index contributed by atoms with van der Waals surface area (Å²) in [5.74, 6) is -2.73. The van der Waals surface area contributed by atoms with Crippen LogP contribution in [0.4, 0.5) is 0 Å². The molecule has 29 heavy (non-hydrogen) atoms. The van der Waals surface area contributed by atoms with Gasteiger partial charge in [-0.15, -0.1) is 0 Å². The average Bonchev–Trinajstić information content (AvgIpc) is 2.63. The van der Waals surface area contributed by atoms with Gasteiger partial charge in [-0.2, -0.15) is 8.42 Å². The van der Waals surface area contributed by atoms with Crippen LogP contribution in [0.1, 0.15) is 64.7 Å². The molecule has 0 aliphatic carbocycles. The number of carboxylic acid groups (broad SMARTS) is 2. The summed E-state index contributed by atoms with van der Waals surface area (Å²) in [5.41, 5.74) is 0. The van der Waals surface area contributed by atoms with Crippen LogP contribution in [-0.2, 0) is 23.9 Å². The average molecular weight is 446 g/mol. The molecular formula is C19H28Na2O7S. The van der Waals surface area contributed by atoms with Gasteiger partial charge in [0, 0.05) is 11.9 Å². The molecule has 0 aromatic heterocycles. The number of benzene rings is 1. The summed E-state index contributed by atoms with van der Waals surface area (Å²) in [6, 6.07) is 8.30. The molecule has 1 rings (SSSR count). The van der Waals surface area contributed by atoms with Crippen LogP contribution < -0.4 is 69.3 Å². The molecule has 0 atom stereocenters. The minimum atomic E-state index is -3.56. The fourth-order valence-corrected chi connectivity index (χ4v) is 3.05. The second-order valence-electron chi connectivity index (χ2n) is 5.95. The van der Waals surface area contributed by atoms with Gasteiger partial charge in [0.05, 0.1) is 11.5 Å². The van der Waals surface area contributed by atoms with Crippen LogP contribution >= 0.6 is 0 Å². The summed E-state index contributed by atoms with van der Waals surface area (Å²) in [6.07, 6.45) is 7.11. The van der Waals surface area contributed by atoms with Gasteiger partial charge in [-0.3, -0.25) is 4.18 Å². The minimum Gasteiger partial charge on any atom is -0.550 e. The quantitative estimate of drug-likeness (QED) is 0.170. The Kier molecular flexibility index (Phi) is 24.8. The van der Waals surface area contributed by atoms with E-state index in [4.69, 9.17) is 4.18 Å². The summed E-state index contributed by atoms with van der Waals surface area (Å²) in [4.78, 5) is 19.2. The van der Waals surface area contributed by atoms with Gasteiger partial charge in [0.15, 0.2) is 0 Å². The zero-order valence-electron chi connectivity index (χ0n) is 17.7. The van der Waals surface area contributed by atoms with E-state index in [9.17, 15) is 28.2 Å². The van der Waals surface area contributed by atoms with E-state index in [1.54, 1.807) is 30.3 Å². The van der Waals surface area contributed by atoms with E-state index in [-0.39, 0.29) is 70.6 Å². The first-order valence-corrected chi connectivity index (χ1v) is 10.5. The molecule has 0 bridgehead atoms. The number of carbonyl (C=O) groups is 2. The molecule has 0 amide bonds. The Hall–Kier alpha value is 0.0700. The van der Waals surface area contributed by atoms with Crippen molar-refractivity contribution >= 4 is 22.1 Å². The fourth-order valence-electron chi connectivity index (χ4n) is 2.09. The van der Waals surface area contributed by atoms with E-state index in [0.717, 1.165) is 19.3 Å². The number of rotatable bonds is 13. The van der Waals surface area contributed by atoms with E-state index >= 15 is 0 Å². The molecule has 0 spiro atoms. The van der Waals surface area contributed by atoms with E-state index < -0.39 is 34.9 Å². The molecule has 7 nitrogen and oxygen atoms in total. The van der Waals surface area contributed by atoms with Crippen LogP contribution in [-0.4, -0.2) is 27.0 Å². The van der Waals surface area contributed by atoms with Gasteiger partial charge in [0.1, 0.15) is 0 Å². The van der Waals surface area contributed by atoms with Crippen LogP contribution in [0.5, 0.6) is 0 Å². The Morgan fingerprint density at radius 3 is 1.72 bits per heavy atom. The van der Waals surface area contributed by atoms with Crippen molar-refractivity contribution in [2.75, 3.05) is 6.61 Å². The first-order chi connectivity index (χ1) is 12.8. The molecule has 0 saturated heterocycles. The largest absolute Gasteiger partial charge is 1.00 e. The number of aliphatic carboxylic acids is 2. The van der Waals surface area contributed by atoms with Crippen molar-refractivity contribution in [3.8, 4) is 0 Å². The molecule has 1 aromatic rings. The Bertz CT molecular complexity index is 623. The molecule has 0 radical (unpaired) electrons. The number of carbonyl (C=O) groups excluding carboxylic acids is 2. The first-order valence-electron chi connectivity index (χ1n) is 9.13. The monoisotopic (exact) mass is 446 g/mol. The van der Waals surface area contributed by atoms with Crippen molar-refractivity contribution in [2.24, 2.45) is 0 Å². The maximum absolute atomic E-state index is 11.8. The Morgan fingerprint density at radius 1 is 0.828 bits per heavy atom. The second-order valence-corrected chi connectivity index (χ2v) is 7.57. The zero-order valence-corrected chi connectivity index (χ0v) is 22.5. The number of carboxylic acids is 2. The molecule has 0 aliphatic rings. The Morgan fingerprint density at radius 2 is 1.28 bits per heavy atom. The Balaban J connectivity index is -0.000000581. The third kappa shape index (κ3) is 21.1. The summed E-state index contributed by atoms with van der Waals surface area (Å²) in [5, 5.41) is 19.0. The molecule has 154 valence electrons. The SMILES string of the molecule is CCCCCCCCCOS(=O)(=O)c1ccccc1.O=C([O-])CCC(=O)[O-].[Na+].[Na+]. The van der Waals surface area contributed by atoms with E-state index in [1.807, 2.05) is 0 Å². The second kappa shape index (κ2) is 21.3. The molecule has 1 aromatic carbocycles. The topological polar surface area (TPSA) is 124 Å². The molecule has 0 heterocycles. The molecule has 0 saturated carbocycles. The third-order valence-electron chi connectivity index (χ3n) is 3.55. The molecule has 0 aliphatic heterocycles. The van der Waals surface area contributed by atoms with Crippen LogP contribution in [0, 0.1) is 0 Å². The maximum atomic E-state index is 11.8. The maximum Gasteiger partial charge on any atom is 1.00 e. The standard InChI is InChI=1S/C15H24O3S.C4H6O4.2Na/c1-2-3-4-5-6-7-11-14-18-19(16,17)15-12-9-8-10-13-15;5-3(6)1-2-4(7)8;;/h8-10,12-13H,2-7,11,14H2,1H3;1-2H2,(H,5,6)(H,7,8);;/q;;2*+1/p-2. The van der Waals surface area contributed by atoms with Crippen molar-refractivity contribution < 1.29 is 91.5 Å². The van der Waals surface area contributed by atoms with Crippen molar-refractivity contribution in [1.82, 2.24) is 0 Å². The molecule has 0 fully saturated rings. The summed E-state index contributed by atoms with van der Waals surface area (Å²) in [7, 11) is -3.56. The summed E-state index contributed by atoms with van der Waals surface area (Å²) in [6.45, 7) is 2.48. The smallest absolute Gasteiger partial charge is 0.550 e. The van der Waals surface area contributed by atoms with Gasteiger partial charge >= 0.3 is 59.1 Å². The predicted molar refractivity (Wildman–Crippen MR) is 96.8 cm³/mol. The van der Waals surface area contributed by atoms with Crippen LogP contribution in [0.25, 0.3) is 0 Å². The fraction of sp³-hybridized carbons (Fsp3) is 0.579. The van der Waals surface area contributed by atoms with Gasteiger partial charge in [0.2, 0.25) is 0 Å². The van der Waals surface area contributed by atoms with Gasteiger partial charge < -0.3 is 19.8 Å². The van der Waals surface area contributed by atoms with Crippen LogP contribution in [0.3, 0.4) is 0 Å². The van der Waals surface area contributed by atoms with Crippen LogP contribution in [0.15, 0.2) is 35.2 Å². The number of hydrogen-bond acceptors (Lipinski definition) is 7. The number of hydrogen-bond donors (Lipinski definition) is 0. The molecule has 10 heteroatoms. The van der Waals surface area contributed by atoms with Gasteiger partial charge in [-0.1, -0.05) is 63.6 Å². The van der Waals surface area contributed by atoms with E-state index in [2.05, 4.69) is 6.92 Å². The summed E-state index contributed by atoms with van der Waals surface area (Å²) < 4.78 is 28.6. The first kappa shape index (κ1) is 33.7. The predicted octanol–water partition coefficient (Wildman–Crippen LogP) is -4.58. The zero-order chi connectivity index (χ0) is 20.5. The minimum absolute atomic E-state index is 0. The Labute approximate surface area is 218 Å².